The molecule has 0 saturated heterocycles. The van der Waals surface area contributed by atoms with Gasteiger partial charge >= 0.3 is 5.97 Å². The van der Waals surface area contributed by atoms with Gasteiger partial charge in [0.15, 0.2) is 0 Å². The average molecular weight is 265 g/mol. The van der Waals surface area contributed by atoms with Crippen molar-refractivity contribution < 1.29 is 19.1 Å². The minimum Gasteiger partial charge on any atom is -0.481 e. The molecule has 1 aliphatic rings. The maximum Gasteiger partial charge on any atom is 0.307 e. The summed E-state index contributed by atoms with van der Waals surface area (Å²) in [5.41, 5.74) is 0.490. The van der Waals surface area contributed by atoms with Gasteiger partial charge in [-0.05, 0) is 18.4 Å². The second kappa shape index (κ2) is 4.40. The number of carbonyl (C=O) groups excluding carboxylic acids is 1. The van der Waals surface area contributed by atoms with Crippen LogP contribution in [0.25, 0.3) is 0 Å². The third kappa shape index (κ3) is 2.25. The van der Waals surface area contributed by atoms with E-state index >= 15 is 0 Å². The maximum atomic E-state index is 12.3. The predicted molar refractivity (Wildman–Crippen MR) is 68.3 cm³/mol. The van der Waals surface area contributed by atoms with E-state index in [2.05, 4.69) is 0 Å². The van der Waals surface area contributed by atoms with Crippen molar-refractivity contribution in [2.24, 2.45) is 17.3 Å². The topological polar surface area (TPSA) is 70.8 Å². The largest absolute Gasteiger partial charge is 0.481 e. The molecule has 1 fully saturated rings. The smallest absolute Gasteiger partial charge is 0.307 e. The minimum atomic E-state index is -0.892. The van der Waals surface area contributed by atoms with E-state index < -0.39 is 23.2 Å². The molecular formula is C14H19NO4. The van der Waals surface area contributed by atoms with Gasteiger partial charge in [0.05, 0.1) is 18.1 Å². The summed E-state index contributed by atoms with van der Waals surface area (Å²) < 4.78 is 5.19. The van der Waals surface area contributed by atoms with Crippen molar-refractivity contribution in [3.05, 3.63) is 23.7 Å². The summed E-state index contributed by atoms with van der Waals surface area (Å²) in [6, 6.07) is 1.83. The first kappa shape index (κ1) is 13.6. The van der Waals surface area contributed by atoms with Gasteiger partial charge in [-0.25, -0.2) is 0 Å². The van der Waals surface area contributed by atoms with Gasteiger partial charge in [0.1, 0.15) is 5.76 Å². The molecule has 2 atom stereocenters. The fraction of sp³-hybridized carbons (Fsp3) is 0.571. The Balaban J connectivity index is 2.05. The lowest BCUT2D eigenvalue weighted by atomic mass is 10.1. The highest BCUT2D eigenvalue weighted by atomic mass is 16.4. The molecule has 1 aromatic rings. The van der Waals surface area contributed by atoms with Crippen LogP contribution >= 0.6 is 0 Å². The summed E-state index contributed by atoms with van der Waals surface area (Å²) in [7, 11) is 1.70. The number of hydrogen-bond acceptors (Lipinski definition) is 3. The van der Waals surface area contributed by atoms with E-state index in [0.717, 1.165) is 11.3 Å². The highest BCUT2D eigenvalue weighted by Crippen LogP contribution is 2.59. The van der Waals surface area contributed by atoms with Crippen LogP contribution in [0.1, 0.15) is 25.2 Å². The second-order valence-corrected chi connectivity index (χ2v) is 5.81. The summed E-state index contributed by atoms with van der Waals surface area (Å²) in [5.74, 6) is -1.23. The van der Waals surface area contributed by atoms with Gasteiger partial charge in [-0.1, -0.05) is 13.8 Å². The Morgan fingerprint density at radius 3 is 2.47 bits per heavy atom. The molecule has 1 saturated carbocycles. The number of carbonyl (C=O) groups is 2. The molecule has 0 spiro atoms. The molecule has 0 bridgehead atoms. The number of carboxylic acids is 1. The van der Waals surface area contributed by atoms with Crippen molar-refractivity contribution in [2.75, 3.05) is 7.05 Å². The SMILES string of the molecule is Cc1occc1CN(C)C(=O)[C@H]1[C@@H](C(=O)O)C1(C)C. The highest BCUT2D eigenvalue weighted by molar-refractivity contribution is 5.91. The van der Waals surface area contributed by atoms with Crippen LogP contribution in [0.2, 0.25) is 0 Å². The zero-order valence-corrected chi connectivity index (χ0v) is 11.6. The molecule has 0 aromatic carbocycles. The summed E-state index contributed by atoms with van der Waals surface area (Å²) in [6.45, 7) is 5.94. The fourth-order valence-corrected chi connectivity index (χ4v) is 2.71. The number of aliphatic carboxylic acids is 1. The first-order valence-corrected chi connectivity index (χ1v) is 6.27. The maximum absolute atomic E-state index is 12.3. The minimum absolute atomic E-state index is 0.113. The standard InChI is InChI=1S/C14H19NO4/c1-8-9(5-6-19-8)7-15(4)12(16)10-11(13(17)18)14(10,2)3/h5-6,10-11H,7H2,1-4H3,(H,17,18)/t10-,11+/m1/s1. The number of carboxylic acid groups (broad SMARTS) is 1. The average Bonchev–Trinajstić information content (AvgIpc) is 2.66. The Hall–Kier alpha value is -1.78. The van der Waals surface area contributed by atoms with Crippen LogP contribution in [0.3, 0.4) is 0 Å². The van der Waals surface area contributed by atoms with Crippen LogP contribution in [0.4, 0.5) is 0 Å². The van der Waals surface area contributed by atoms with Crippen molar-refractivity contribution in [1.82, 2.24) is 4.90 Å². The summed E-state index contributed by atoms with van der Waals surface area (Å²) in [5, 5.41) is 9.11. The van der Waals surface area contributed by atoms with Crippen molar-refractivity contribution >= 4 is 11.9 Å². The van der Waals surface area contributed by atoms with E-state index in [4.69, 9.17) is 9.52 Å². The summed E-state index contributed by atoms with van der Waals surface area (Å²) in [4.78, 5) is 25.0. The lowest BCUT2D eigenvalue weighted by molar-refractivity contribution is -0.141. The van der Waals surface area contributed by atoms with Crippen LogP contribution in [0.15, 0.2) is 16.7 Å². The zero-order valence-electron chi connectivity index (χ0n) is 11.6. The van der Waals surface area contributed by atoms with Gasteiger partial charge in [-0.3, -0.25) is 9.59 Å². The number of nitrogens with zero attached hydrogens (tertiary/aromatic N) is 1. The lowest BCUT2D eigenvalue weighted by Crippen LogP contribution is -2.29. The molecule has 0 unspecified atom stereocenters. The van der Waals surface area contributed by atoms with Crippen molar-refractivity contribution in [1.29, 1.82) is 0 Å². The van der Waals surface area contributed by atoms with Crippen LogP contribution in [0, 0.1) is 24.2 Å². The number of hydrogen-bond donors (Lipinski definition) is 1. The number of aryl methyl sites for hydroxylation is 1. The molecule has 2 rings (SSSR count). The van der Waals surface area contributed by atoms with Gasteiger partial charge < -0.3 is 14.4 Å². The zero-order chi connectivity index (χ0) is 14.4. The van der Waals surface area contributed by atoms with E-state index in [1.807, 2.05) is 26.8 Å². The first-order chi connectivity index (χ1) is 8.76. The van der Waals surface area contributed by atoms with E-state index in [1.54, 1.807) is 18.2 Å². The Morgan fingerprint density at radius 1 is 1.42 bits per heavy atom. The molecule has 1 heterocycles. The van der Waals surface area contributed by atoms with Gasteiger partial charge in [-0.2, -0.15) is 0 Å². The Labute approximate surface area is 112 Å². The van der Waals surface area contributed by atoms with Crippen LogP contribution < -0.4 is 0 Å². The molecule has 5 heteroatoms. The molecule has 104 valence electrons. The number of furan rings is 1. The Kier molecular flexibility index (Phi) is 3.16. The van der Waals surface area contributed by atoms with E-state index in [0.29, 0.717) is 6.54 Å². The molecule has 1 aromatic heterocycles. The van der Waals surface area contributed by atoms with Gasteiger partial charge in [0, 0.05) is 19.2 Å². The number of rotatable bonds is 4. The van der Waals surface area contributed by atoms with Crippen LogP contribution in [-0.4, -0.2) is 28.9 Å². The van der Waals surface area contributed by atoms with Crippen molar-refractivity contribution in [3.63, 3.8) is 0 Å². The van der Waals surface area contributed by atoms with Gasteiger partial charge in [0.2, 0.25) is 5.91 Å². The normalized spacial score (nSPS) is 24.0. The molecule has 19 heavy (non-hydrogen) atoms. The molecule has 0 radical (unpaired) electrons. The lowest BCUT2D eigenvalue weighted by Gasteiger charge is -2.17. The van der Waals surface area contributed by atoms with Crippen LogP contribution in [-0.2, 0) is 16.1 Å². The fourth-order valence-electron chi connectivity index (χ4n) is 2.71. The third-order valence-corrected chi connectivity index (χ3v) is 4.11. The molecule has 0 aliphatic heterocycles. The van der Waals surface area contributed by atoms with E-state index in [1.165, 1.54) is 0 Å². The molecule has 1 N–H and O–H groups in total. The Morgan fingerprint density at radius 2 is 2.05 bits per heavy atom. The predicted octanol–water partition coefficient (Wildman–Crippen LogP) is 1.90. The van der Waals surface area contributed by atoms with Crippen LogP contribution in [0.5, 0.6) is 0 Å². The van der Waals surface area contributed by atoms with E-state index in [9.17, 15) is 9.59 Å². The molecule has 1 aliphatic carbocycles. The summed E-state index contributed by atoms with van der Waals surface area (Å²) >= 11 is 0. The highest BCUT2D eigenvalue weighted by Gasteiger charge is 2.66. The summed E-state index contributed by atoms with van der Waals surface area (Å²) in [6.07, 6.45) is 1.59. The van der Waals surface area contributed by atoms with Gasteiger partial charge in [-0.15, -0.1) is 0 Å². The number of amides is 1. The second-order valence-electron chi connectivity index (χ2n) is 5.81. The Bertz CT molecular complexity index is 517. The van der Waals surface area contributed by atoms with Crippen molar-refractivity contribution in [2.45, 2.75) is 27.3 Å². The first-order valence-electron chi connectivity index (χ1n) is 6.27. The third-order valence-electron chi connectivity index (χ3n) is 4.11. The molecule has 1 amide bonds. The van der Waals surface area contributed by atoms with E-state index in [-0.39, 0.29) is 5.91 Å². The van der Waals surface area contributed by atoms with Gasteiger partial charge in [0.25, 0.3) is 0 Å². The quantitative estimate of drug-likeness (QED) is 0.902. The monoisotopic (exact) mass is 265 g/mol. The molecular weight excluding hydrogens is 246 g/mol. The molecule has 5 nitrogen and oxygen atoms in total. The van der Waals surface area contributed by atoms with Crippen molar-refractivity contribution in [3.8, 4) is 0 Å².